The molecule has 0 N–H and O–H groups in total. The van der Waals surface area contributed by atoms with E-state index in [1.54, 1.807) is 13.0 Å². The summed E-state index contributed by atoms with van der Waals surface area (Å²) in [5, 5.41) is 9.58. The number of nitriles is 1. The second-order valence-corrected chi connectivity index (χ2v) is 6.10. The van der Waals surface area contributed by atoms with Crippen molar-refractivity contribution in [1.82, 2.24) is 0 Å². The van der Waals surface area contributed by atoms with Gasteiger partial charge in [0.2, 0.25) is 0 Å². The third-order valence-corrected chi connectivity index (χ3v) is 4.12. The van der Waals surface area contributed by atoms with Crippen LogP contribution in [-0.2, 0) is 9.53 Å². The Balaban J connectivity index is 2.21. The number of benzene rings is 2. The van der Waals surface area contributed by atoms with Gasteiger partial charge in [-0.2, -0.15) is 5.26 Å². The van der Waals surface area contributed by atoms with E-state index in [4.69, 9.17) is 9.47 Å². The zero-order valence-corrected chi connectivity index (χ0v) is 15.0. The molecule has 2 aromatic carbocycles. The van der Waals surface area contributed by atoms with E-state index in [2.05, 4.69) is 0 Å². The van der Waals surface area contributed by atoms with E-state index in [0.717, 1.165) is 16.7 Å². The van der Waals surface area contributed by atoms with Crippen LogP contribution in [0.1, 0.15) is 29.2 Å². The zero-order chi connectivity index (χ0) is 18.7. The summed E-state index contributed by atoms with van der Waals surface area (Å²) in [6, 6.07) is 15.6. The summed E-state index contributed by atoms with van der Waals surface area (Å²) >= 11 is 0. The highest BCUT2D eigenvalue weighted by Gasteiger charge is 2.24. The minimum Gasteiger partial charge on any atom is -0.462 e. The number of aryl methyl sites for hydroxylation is 2. The molecule has 0 saturated carbocycles. The topological polar surface area (TPSA) is 59.3 Å². The average molecular weight is 345 g/mol. The Bertz CT molecular complexity index is 960. The fourth-order valence-electron chi connectivity index (χ4n) is 2.79. The van der Waals surface area contributed by atoms with Crippen LogP contribution in [0.2, 0.25) is 0 Å². The average Bonchev–Trinajstić information content (AvgIpc) is 2.63. The van der Waals surface area contributed by atoms with Gasteiger partial charge in [-0.05, 0) is 39.0 Å². The molecule has 3 rings (SSSR count). The molecule has 0 amide bonds. The van der Waals surface area contributed by atoms with Gasteiger partial charge in [0.15, 0.2) is 0 Å². The molecule has 0 aliphatic carbocycles. The largest absolute Gasteiger partial charge is 0.462 e. The molecule has 0 atom stereocenters. The normalized spacial score (nSPS) is 14.5. The summed E-state index contributed by atoms with van der Waals surface area (Å²) in [7, 11) is 0. The second-order valence-electron chi connectivity index (χ2n) is 6.10. The van der Waals surface area contributed by atoms with E-state index >= 15 is 0 Å². The van der Waals surface area contributed by atoms with Crippen LogP contribution in [0.3, 0.4) is 0 Å². The quantitative estimate of drug-likeness (QED) is 0.464. The van der Waals surface area contributed by atoms with Gasteiger partial charge >= 0.3 is 5.97 Å². The number of hydrogen-bond donors (Lipinski definition) is 0. The number of nitrogens with zero attached hydrogens (tertiary/aromatic N) is 1. The highest BCUT2D eigenvalue weighted by atomic mass is 16.5. The molecule has 0 spiro atoms. The molecule has 1 aliphatic rings. The lowest BCUT2D eigenvalue weighted by Gasteiger charge is -2.22. The molecule has 0 unspecified atom stereocenters. The van der Waals surface area contributed by atoms with Gasteiger partial charge in [0.05, 0.1) is 6.61 Å². The molecule has 4 heteroatoms. The third kappa shape index (κ3) is 3.38. The predicted octanol–water partition coefficient (Wildman–Crippen LogP) is 4.58. The first-order valence-electron chi connectivity index (χ1n) is 8.42. The number of carbonyl (C=O) groups is 1. The van der Waals surface area contributed by atoms with Crippen LogP contribution in [0.15, 0.2) is 54.1 Å². The molecule has 0 bridgehead atoms. The van der Waals surface area contributed by atoms with Gasteiger partial charge in [-0.3, -0.25) is 0 Å². The number of esters is 1. The Morgan fingerprint density at radius 1 is 1.12 bits per heavy atom. The van der Waals surface area contributed by atoms with Crippen molar-refractivity contribution < 1.29 is 14.3 Å². The van der Waals surface area contributed by atoms with Crippen LogP contribution >= 0.6 is 0 Å². The fraction of sp³-hybridized carbons (Fsp3) is 0.182. The summed E-state index contributed by atoms with van der Waals surface area (Å²) < 4.78 is 11.1. The van der Waals surface area contributed by atoms with Gasteiger partial charge in [0.1, 0.15) is 23.2 Å². The lowest BCUT2D eigenvalue weighted by molar-refractivity contribution is -0.137. The van der Waals surface area contributed by atoms with Gasteiger partial charge in [0, 0.05) is 16.7 Å². The van der Waals surface area contributed by atoms with E-state index in [9.17, 15) is 10.1 Å². The zero-order valence-electron chi connectivity index (χ0n) is 15.0. The molecule has 26 heavy (non-hydrogen) atoms. The molecule has 130 valence electrons. The number of rotatable bonds is 3. The van der Waals surface area contributed by atoms with Gasteiger partial charge in [0.25, 0.3) is 0 Å². The van der Waals surface area contributed by atoms with E-state index in [0.29, 0.717) is 22.6 Å². The smallest absolute Gasteiger partial charge is 0.349 e. The Kier molecular flexibility index (Phi) is 4.90. The standard InChI is InChI=1S/C22H19NO3/c1-4-25-22(24)19(13-23)17-12-21(16-8-5-14(2)6-9-16)26-20-10-7-15(3)11-18(17)20/h5-12H,4H2,1-3H3/b19-17-. The Morgan fingerprint density at radius 3 is 2.46 bits per heavy atom. The second kappa shape index (κ2) is 7.28. The Hall–Kier alpha value is -3.32. The molecule has 1 aliphatic heterocycles. The van der Waals surface area contributed by atoms with Crippen LogP contribution in [0.4, 0.5) is 0 Å². The van der Waals surface area contributed by atoms with Crippen molar-refractivity contribution in [2.45, 2.75) is 20.8 Å². The summed E-state index contributed by atoms with van der Waals surface area (Å²) in [6.07, 6.45) is 1.74. The number of ether oxygens (including phenoxy) is 2. The highest BCUT2D eigenvalue weighted by Crippen LogP contribution is 2.39. The van der Waals surface area contributed by atoms with Crippen molar-refractivity contribution in [3.8, 4) is 11.8 Å². The molecule has 0 radical (unpaired) electrons. The summed E-state index contributed by atoms with van der Waals surface area (Å²) in [5.74, 6) is 0.577. The van der Waals surface area contributed by atoms with Crippen LogP contribution in [0, 0.1) is 25.2 Å². The Labute approximate surface area is 153 Å². The van der Waals surface area contributed by atoms with Crippen LogP contribution in [-0.4, -0.2) is 12.6 Å². The monoisotopic (exact) mass is 345 g/mol. The van der Waals surface area contributed by atoms with Crippen LogP contribution in [0.5, 0.6) is 5.75 Å². The maximum atomic E-state index is 12.3. The van der Waals surface area contributed by atoms with Crippen LogP contribution < -0.4 is 4.74 Å². The fourth-order valence-corrected chi connectivity index (χ4v) is 2.79. The van der Waals surface area contributed by atoms with Crippen molar-refractivity contribution >= 4 is 17.3 Å². The first-order valence-corrected chi connectivity index (χ1v) is 8.42. The molecule has 0 aromatic heterocycles. The molecule has 4 nitrogen and oxygen atoms in total. The Morgan fingerprint density at radius 2 is 1.81 bits per heavy atom. The molecule has 0 fully saturated rings. The number of fused-ring (bicyclic) bond motifs is 1. The molecular weight excluding hydrogens is 326 g/mol. The predicted molar refractivity (Wildman–Crippen MR) is 100 cm³/mol. The van der Waals surface area contributed by atoms with Crippen molar-refractivity contribution in [2.75, 3.05) is 6.61 Å². The van der Waals surface area contributed by atoms with E-state index < -0.39 is 5.97 Å². The maximum Gasteiger partial charge on any atom is 0.349 e. The first kappa shape index (κ1) is 17.5. The third-order valence-electron chi connectivity index (χ3n) is 4.12. The van der Waals surface area contributed by atoms with Crippen molar-refractivity contribution in [3.63, 3.8) is 0 Å². The molecule has 0 saturated heterocycles. The van der Waals surface area contributed by atoms with E-state index in [1.807, 2.05) is 62.4 Å². The number of carbonyl (C=O) groups excluding carboxylic acids is 1. The summed E-state index contributed by atoms with van der Waals surface area (Å²) in [5.41, 5.74) is 4.24. The lowest BCUT2D eigenvalue weighted by atomic mass is 9.94. The van der Waals surface area contributed by atoms with Crippen molar-refractivity contribution in [3.05, 3.63) is 76.4 Å². The summed E-state index contributed by atoms with van der Waals surface area (Å²) in [4.78, 5) is 12.3. The minimum atomic E-state index is -0.626. The van der Waals surface area contributed by atoms with Gasteiger partial charge in [-0.15, -0.1) is 0 Å². The van der Waals surface area contributed by atoms with E-state index in [1.165, 1.54) is 0 Å². The maximum absolute atomic E-state index is 12.3. The first-order chi connectivity index (χ1) is 12.5. The van der Waals surface area contributed by atoms with Gasteiger partial charge in [-0.25, -0.2) is 4.79 Å². The van der Waals surface area contributed by atoms with Crippen molar-refractivity contribution in [2.24, 2.45) is 0 Å². The van der Waals surface area contributed by atoms with E-state index in [-0.39, 0.29) is 12.2 Å². The van der Waals surface area contributed by atoms with Crippen molar-refractivity contribution in [1.29, 1.82) is 5.26 Å². The van der Waals surface area contributed by atoms with Crippen LogP contribution in [0.25, 0.3) is 11.3 Å². The number of hydrogen-bond acceptors (Lipinski definition) is 4. The SMILES string of the molecule is CCOC(=O)/C(C#N)=C1/C=C(c2ccc(C)cc2)Oc2ccc(C)cc21. The molecule has 1 heterocycles. The van der Waals surface area contributed by atoms with Gasteiger partial charge in [-0.1, -0.05) is 41.5 Å². The lowest BCUT2D eigenvalue weighted by Crippen LogP contribution is -2.11. The minimum absolute atomic E-state index is 0.0217. The number of allylic oxidation sites excluding steroid dienone is 2. The summed E-state index contributed by atoms with van der Waals surface area (Å²) in [6.45, 7) is 5.89. The van der Waals surface area contributed by atoms with Gasteiger partial charge < -0.3 is 9.47 Å². The molecular formula is C22H19NO3. The highest BCUT2D eigenvalue weighted by molar-refractivity contribution is 6.06. The molecule has 2 aromatic rings.